The van der Waals surface area contributed by atoms with Gasteiger partial charge in [-0.2, -0.15) is 5.10 Å². The van der Waals surface area contributed by atoms with E-state index in [1.807, 2.05) is 10.7 Å². The first kappa shape index (κ1) is 16.5. The standard InChI is InChI=1S/C18H26N6O/c1-12-15(11-23-8-4-13(5-9-23)17(19)25)18-21-7-3-16(24(18)22-12)14-2-6-20-10-14/h3,7,13-14,20H,2,4-6,8-11H2,1H3,(H2,19,25)/t14-/m0/s1. The molecule has 25 heavy (non-hydrogen) atoms. The number of nitrogens with zero attached hydrogens (tertiary/aromatic N) is 4. The monoisotopic (exact) mass is 342 g/mol. The van der Waals surface area contributed by atoms with Crippen LogP contribution >= 0.6 is 0 Å². The largest absolute Gasteiger partial charge is 0.369 e. The van der Waals surface area contributed by atoms with Crippen molar-refractivity contribution < 1.29 is 4.79 Å². The molecular formula is C18H26N6O. The van der Waals surface area contributed by atoms with Gasteiger partial charge in [-0.1, -0.05) is 0 Å². The van der Waals surface area contributed by atoms with Gasteiger partial charge in [0.15, 0.2) is 5.65 Å². The van der Waals surface area contributed by atoms with Crippen LogP contribution in [0.1, 0.15) is 42.1 Å². The smallest absolute Gasteiger partial charge is 0.220 e. The van der Waals surface area contributed by atoms with Crippen molar-refractivity contribution >= 4 is 11.6 Å². The van der Waals surface area contributed by atoms with Crippen molar-refractivity contribution in [1.82, 2.24) is 24.8 Å². The van der Waals surface area contributed by atoms with Crippen LogP contribution in [0.3, 0.4) is 0 Å². The summed E-state index contributed by atoms with van der Waals surface area (Å²) in [7, 11) is 0. The minimum absolute atomic E-state index is 0.0286. The summed E-state index contributed by atoms with van der Waals surface area (Å²) in [6.07, 6.45) is 4.75. The van der Waals surface area contributed by atoms with Crippen molar-refractivity contribution in [2.75, 3.05) is 26.2 Å². The minimum atomic E-state index is -0.164. The fraction of sp³-hybridized carbons (Fsp3) is 0.611. The number of amides is 1. The van der Waals surface area contributed by atoms with E-state index in [1.165, 1.54) is 11.3 Å². The van der Waals surface area contributed by atoms with Crippen molar-refractivity contribution in [2.45, 2.75) is 38.6 Å². The maximum absolute atomic E-state index is 11.3. The first-order valence-corrected chi connectivity index (χ1v) is 9.19. The lowest BCUT2D eigenvalue weighted by Gasteiger charge is -2.30. The van der Waals surface area contributed by atoms with Gasteiger partial charge >= 0.3 is 0 Å². The van der Waals surface area contributed by atoms with Gasteiger partial charge in [-0.3, -0.25) is 9.69 Å². The summed E-state index contributed by atoms with van der Waals surface area (Å²) in [6, 6.07) is 2.10. The molecule has 2 fully saturated rings. The third kappa shape index (κ3) is 3.14. The highest BCUT2D eigenvalue weighted by Gasteiger charge is 2.26. The summed E-state index contributed by atoms with van der Waals surface area (Å²) >= 11 is 0. The van der Waals surface area contributed by atoms with Crippen LogP contribution < -0.4 is 11.1 Å². The van der Waals surface area contributed by atoms with Gasteiger partial charge in [0.2, 0.25) is 5.91 Å². The molecule has 4 heterocycles. The molecule has 1 atom stereocenters. The summed E-state index contributed by atoms with van der Waals surface area (Å²) in [4.78, 5) is 18.4. The van der Waals surface area contributed by atoms with Crippen LogP contribution in [0.4, 0.5) is 0 Å². The second-order valence-electron chi connectivity index (χ2n) is 7.31. The lowest BCUT2D eigenvalue weighted by Crippen LogP contribution is -2.38. The molecule has 0 radical (unpaired) electrons. The Morgan fingerprint density at radius 1 is 1.36 bits per heavy atom. The number of nitrogens with two attached hydrogens (primary N) is 1. The van der Waals surface area contributed by atoms with Gasteiger partial charge in [0.25, 0.3) is 0 Å². The second-order valence-corrected chi connectivity index (χ2v) is 7.31. The number of carbonyl (C=O) groups is 1. The van der Waals surface area contributed by atoms with E-state index in [4.69, 9.17) is 10.8 Å². The van der Waals surface area contributed by atoms with E-state index in [9.17, 15) is 4.79 Å². The van der Waals surface area contributed by atoms with E-state index in [-0.39, 0.29) is 11.8 Å². The molecule has 0 saturated carbocycles. The van der Waals surface area contributed by atoms with E-state index in [2.05, 4.69) is 28.2 Å². The number of carbonyl (C=O) groups excluding carboxylic acids is 1. The number of hydrogen-bond donors (Lipinski definition) is 2. The highest BCUT2D eigenvalue weighted by molar-refractivity contribution is 5.76. The molecule has 7 nitrogen and oxygen atoms in total. The van der Waals surface area contributed by atoms with E-state index >= 15 is 0 Å². The SMILES string of the molecule is Cc1nn2c([C@H]3CCNC3)ccnc2c1CN1CCC(C(N)=O)CC1. The van der Waals surface area contributed by atoms with Gasteiger partial charge in [-0.15, -0.1) is 0 Å². The molecule has 0 aromatic carbocycles. The number of aryl methyl sites for hydroxylation is 1. The fourth-order valence-corrected chi connectivity index (χ4v) is 4.12. The number of primary amides is 1. The zero-order valence-electron chi connectivity index (χ0n) is 14.7. The van der Waals surface area contributed by atoms with Crippen LogP contribution in [-0.2, 0) is 11.3 Å². The van der Waals surface area contributed by atoms with Crippen molar-refractivity contribution in [1.29, 1.82) is 0 Å². The van der Waals surface area contributed by atoms with Crippen molar-refractivity contribution in [2.24, 2.45) is 11.7 Å². The summed E-state index contributed by atoms with van der Waals surface area (Å²) in [5, 5.41) is 8.22. The van der Waals surface area contributed by atoms with E-state index < -0.39 is 0 Å². The Hall–Kier alpha value is -1.99. The van der Waals surface area contributed by atoms with Gasteiger partial charge in [-0.25, -0.2) is 9.50 Å². The van der Waals surface area contributed by atoms with E-state index in [0.29, 0.717) is 5.92 Å². The quantitative estimate of drug-likeness (QED) is 0.858. The Morgan fingerprint density at radius 2 is 2.16 bits per heavy atom. The van der Waals surface area contributed by atoms with Crippen LogP contribution in [0.15, 0.2) is 12.3 Å². The molecule has 0 bridgehead atoms. The number of fused-ring (bicyclic) bond motifs is 1. The van der Waals surface area contributed by atoms with Gasteiger partial charge in [-0.05, 0) is 51.9 Å². The average Bonchev–Trinajstić information content (AvgIpc) is 3.24. The Labute approximate surface area is 147 Å². The highest BCUT2D eigenvalue weighted by Crippen LogP contribution is 2.26. The molecule has 1 amide bonds. The molecule has 2 aliphatic rings. The molecule has 4 rings (SSSR count). The predicted octanol–water partition coefficient (Wildman–Crippen LogP) is 0.812. The highest BCUT2D eigenvalue weighted by atomic mass is 16.1. The molecule has 2 aromatic rings. The van der Waals surface area contributed by atoms with Crippen LogP contribution in [0.2, 0.25) is 0 Å². The molecule has 3 N–H and O–H groups in total. The first-order chi connectivity index (χ1) is 12.1. The molecule has 0 spiro atoms. The van der Waals surface area contributed by atoms with Gasteiger partial charge in [0, 0.05) is 36.7 Å². The molecule has 0 unspecified atom stereocenters. The predicted molar refractivity (Wildman–Crippen MR) is 95.1 cm³/mol. The number of rotatable bonds is 4. The molecular weight excluding hydrogens is 316 g/mol. The van der Waals surface area contributed by atoms with Crippen LogP contribution in [0.25, 0.3) is 5.65 Å². The van der Waals surface area contributed by atoms with E-state index in [1.54, 1.807) is 0 Å². The maximum Gasteiger partial charge on any atom is 0.220 e. The van der Waals surface area contributed by atoms with Crippen LogP contribution in [-0.4, -0.2) is 51.6 Å². The average molecular weight is 342 g/mol. The normalized spacial score (nSPS) is 22.7. The Kier molecular flexibility index (Phi) is 4.43. The molecule has 2 aliphatic heterocycles. The Balaban J connectivity index is 1.57. The number of piperidine rings is 1. The zero-order valence-corrected chi connectivity index (χ0v) is 14.7. The van der Waals surface area contributed by atoms with Crippen molar-refractivity contribution in [3.8, 4) is 0 Å². The molecule has 134 valence electrons. The lowest BCUT2D eigenvalue weighted by atomic mass is 9.96. The topological polar surface area (TPSA) is 88.6 Å². The van der Waals surface area contributed by atoms with Crippen LogP contribution in [0, 0.1) is 12.8 Å². The Bertz CT molecular complexity index is 771. The molecule has 0 aliphatic carbocycles. The van der Waals surface area contributed by atoms with Gasteiger partial charge < -0.3 is 11.1 Å². The van der Waals surface area contributed by atoms with E-state index in [0.717, 1.165) is 63.3 Å². The maximum atomic E-state index is 11.3. The molecule has 7 heteroatoms. The minimum Gasteiger partial charge on any atom is -0.369 e. The summed E-state index contributed by atoms with van der Waals surface area (Å²) in [5.41, 5.74) is 9.90. The number of likely N-dealkylation sites (tertiary alicyclic amines) is 1. The summed E-state index contributed by atoms with van der Waals surface area (Å²) in [5.74, 6) is 0.369. The zero-order chi connectivity index (χ0) is 17.4. The number of aromatic nitrogens is 3. The number of nitrogens with one attached hydrogen (secondary N) is 1. The van der Waals surface area contributed by atoms with Crippen LogP contribution in [0.5, 0.6) is 0 Å². The molecule has 2 saturated heterocycles. The summed E-state index contributed by atoms with van der Waals surface area (Å²) in [6.45, 7) is 6.77. The molecule has 2 aromatic heterocycles. The third-order valence-electron chi connectivity index (χ3n) is 5.69. The summed E-state index contributed by atoms with van der Waals surface area (Å²) < 4.78 is 2.04. The lowest BCUT2D eigenvalue weighted by molar-refractivity contribution is -0.123. The first-order valence-electron chi connectivity index (χ1n) is 9.19. The second kappa shape index (κ2) is 6.72. The van der Waals surface area contributed by atoms with Crippen molar-refractivity contribution in [3.05, 3.63) is 29.2 Å². The fourth-order valence-electron chi connectivity index (χ4n) is 4.12. The van der Waals surface area contributed by atoms with Gasteiger partial charge in [0.1, 0.15) is 0 Å². The van der Waals surface area contributed by atoms with Crippen molar-refractivity contribution in [3.63, 3.8) is 0 Å². The van der Waals surface area contributed by atoms with Gasteiger partial charge in [0.05, 0.1) is 11.4 Å². The number of hydrogen-bond acceptors (Lipinski definition) is 5. The third-order valence-corrected chi connectivity index (χ3v) is 5.69. The Morgan fingerprint density at radius 3 is 2.84 bits per heavy atom.